The van der Waals surface area contributed by atoms with Crippen LogP contribution in [0.2, 0.25) is 0 Å². The number of rotatable bonds is 60. The monoisotopic (exact) mass is 1280 g/mol. The number of carbonyl (C=O) groups is 5. The molecule has 1 heterocycles. The minimum Gasteiger partial charge on any atom is -0.494 e. The summed E-state index contributed by atoms with van der Waals surface area (Å²) in [4.78, 5) is 66.2. The third kappa shape index (κ3) is 39.2. The molecule has 20 nitrogen and oxygen atoms in total. The highest BCUT2D eigenvalue weighted by Gasteiger charge is 2.20. The second-order valence-corrected chi connectivity index (χ2v) is 23.6. The van der Waals surface area contributed by atoms with Gasteiger partial charge in [0, 0.05) is 67.7 Å². The Balaban J connectivity index is 1.40. The Kier molecular flexibility index (Phi) is 47.6. The average Bonchev–Trinajstić information content (AvgIpc) is 2.61. The van der Waals surface area contributed by atoms with E-state index in [1.807, 2.05) is 30.5 Å². The van der Waals surface area contributed by atoms with E-state index in [4.69, 9.17) is 37.6 Å². The zero-order valence-corrected chi connectivity index (χ0v) is 56.5. The zero-order chi connectivity index (χ0) is 64.8. The Morgan fingerprint density at radius 1 is 0.422 bits per heavy atom. The number of benzene rings is 2. The van der Waals surface area contributed by atoms with Gasteiger partial charge in [-0.3, -0.25) is 24.0 Å². The first-order valence-corrected chi connectivity index (χ1v) is 35.5. The van der Waals surface area contributed by atoms with Crippen LogP contribution >= 0.6 is 11.8 Å². The van der Waals surface area contributed by atoms with Crippen molar-refractivity contribution in [3.05, 3.63) is 53.6 Å². The molecule has 0 aliphatic heterocycles. The highest BCUT2D eigenvalue weighted by atomic mass is 32.2. The molecule has 2 unspecified atom stereocenters. The summed E-state index contributed by atoms with van der Waals surface area (Å²) in [5.74, 6) is 0.689. The van der Waals surface area contributed by atoms with Crippen molar-refractivity contribution in [2.24, 2.45) is 11.8 Å². The standard InChI is InChI=1S/C69H115N7O13S/c1-6-10-14-18-20-24-29-56(27-22-16-12-8-3)64(78)71-37-43-82-45-39-73-66(80)59-53-60(67(81)74-40-46-83-44-38-72-65(79)57(28-23-17-13-9-4)30-25-21-19-15-11-7-2)55-62(54-59)87-41-26-31-63(77)70-36-42-84-47-48-85-49-50-86-51-52-88-61-34-32-58(33-35-61)68-75-76-69(89-68)90-5/h32-35,53-57H,6-31,36-52H2,1-5H3,(H,70,77)(H,71,78)(H,72,79)(H,73,80)(H,74,81). The molecule has 0 saturated heterocycles. The molecule has 0 radical (unpaired) electrons. The van der Waals surface area contributed by atoms with E-state index < -0.39 is 11.8 Å². The van der Waals surface area contributed by atoms with E-state index in [9.17, 15) is 24.0 Å². The molecule has 0 aliphatic carbocycles. The van der Waals surface area contributed by atoms with Crippen molar-refractivity contribution in [2.75, 3.05) is 118 Å². The summed E-state index contributed by atoms with van der Waals surface area (Å²) < 4.78 is 45.8. The third-order valence-electron chi connectivity index (χ3n) is 15.3. The summed E-state index contributed by atoms with van der Waals surface area (Å²) in [6.45, 7) is 14.3. The quantitative estimate of drug-likeness (QED) is 0.0260. The van der Waals surface area contributed by atoms with Crippen LogP contribution in [0.25, 0.3) is 11.5 Å². The van der Waals surface area contributed by atoms with E-state index in [1.54, 1.807) is 12.1 Å². The van der Waals surface area contributed by atoms with Gasteiger partial charge in [-0.05, 0) is 80.8 Å². The summed E-state index contributed by atoms with van der Waals surface area (Å²) >= 11 is 1.39. The van der Waals surface area contributed by atoms with Gasteiger partial charge in [-0.25, -0.2) is 0 Å². The maximum Gasteiger partial charge on any atom is 0.276 e. The molecule has 3 aromatic rings. The number of ether oxygens (including phenoxy) is 7. The topological polar surface area (TPSA) is 249 Å². The molecule has 1 aromatic heterocycles. The summed E-state index contributed by atoms with van der Waals surface area (Å²) in [5, 5.41) is 23.3. The summed E-state index contributed by atoms with van der Waals surface area (Å²) in [5.41, 5.74) is 1.25. The third-order valence-corrected chi connectivity index (χ3v) is 15.8. The van der Waals surface area contributed by atoms with Gasteiger partial charge in [-0.2, -0.15) is 0 Å². The van der Waals surface area contributed by atoms with Gasteiger partial charge in [0.2, 0.25) is 23.6 Å². The molecule has 5 amide bonds. The van der Waals surface area contributed by atoms with Crippen LogP contribution in [0, 0.1) is 11.8 Å². The fourth-order valence-corrected chi connectivity index (χ4v) is 10.3. The zero-order valence-electron chi connectivity index (χ0n) is 55.7. The molecule has 0 spiro atoms. The van der Waals surface area contributed by atoms with Crippen LogP contribution in [0.1, 0.15) is 215 Å². The van der Waals surface area contributed by atoms with Crippen LogP contribution < -0.4 is 36.1 Å². The molecule has 3 rings (SSSR count). The van der Waals surface area contributed by atoms with Gasteiger partial charge < -0.3 is 64.2 Å². The van der Waals surface area contributed by atoms with Crippen LogP contribution in [0.5, 0.6) is 11.5 Å². The highest BCUT2D eigenvalue weighted by Crippen LogP contribution is 2.25. The molecular formula is C69H115N7O13S. The summed E-state index contributed by atoms with van der Waals surface area (Å²) in [7, 11) is 0. The molecule has 0 saturated carbocycles. The lowest BCUT2D eigenvalue weighted by Gasteiger charge is -2.17. The molecule has 2 aromatic carbocycles. The Hall–Kier alpha value is -5.32. The van der Waals surface area contributed by atoms with Crippen molar-refractivity contribution < 1.29 is 61.5 Å². The predicted molar refractivity (Wildman–Crippen MR) is 356 cm³/mol. The molecule has 0 bridgehead atoms. The van der Waals surface area contributed by atoms with Crippen molar-refractivity contribution in [1.82, 2.24) is 36.8 Å². The Bertz CT molecular complexity index is 2220. The summed E-state index contributed by atoms with van der Waals surface area (Å²) in [6, 6.07) is 12.1. The van der Waals surface area contributed by atoms with E-state index in [0.29, 0.717) is 108 Å². The second kappa shape index (κ2) is 54.3. The first-order chi connectivity index (χ1) is 44.1. The smallest absolute Gasteiger partial charge is 0.276 e. The van der Waals surface area contributed by atoms with Crippen molar-refractivity contribution in [1.29, 1.82) is 0 Å². The van der Waals surface area contributed by atoms with E-state index in [1.165, 1.54) is 82.0 Å². The maximum absolute atomic E-state index is 13.6. The van der Waals surface area contributed by atoms with Gasteiger partial charge in [0.25, 0.3) is 17.0 Å². The SMILES string of the molecule is CCCCCCCCC(CCCCCC)C(=O)NCCOCCNC(=O)c1cc(OCCCC(=O)NCCOCCOCCOCCOc2ccc(-c3nnc(SC)o3)cc2)cc(C(=O)NCCOCCNC(=O)C(CCCCCC)CCCCCCCC)c1. The normalized spacial score (nSPS) is 11.9. The molecular weight excluding hydrogens is 1170 g/mol. The number of thioether (sulfide) groups is 1. The largest absolute Gasteiger partial charge is 0.494 e. The second-order valence-electron chi connectivity index (χ2n) is 22.9. The summed E-state index contributed by atoms with van der Waals surface area (Å²) in [6.07, 6.45) is 29.6. The molecule has 0 aliphatic rings. The number of unbranched alkanes of at least 4 members (excludes halogenated alkanes) is 16. The van der Waals surface area contributed by atoms with E-state index in [0.717, 1.165) is 95.5 Å². The van der Waals surface area contributed by atoms with E-state index in [2.05, 4.69) is 64.5 Å². The first kappa shape index (κ1) is 78.9. The maximum atomic E-state index is 13.6. The number of carbonyl (C=O) groups excluding carboxylic acids is 5. The molecule has 5 N–H and O–H groups in total. The molecule has 0 fully saturated rings. The Labute approximate surface area is 543 Å². The first-order valence-electron chi connectivity index (χ1n) is 34.3. The molecule has 2 atom stereocenters. The number of aromatic nitrogens is 2. The van der Waals surface area contributed by atoms with Gasteiger partial charge in [0.1, 0.15) is 18.1 Å². The highest BCUT2D eigenvalue weighted by molar-refractivity contribution is 7.98. The van der Waals surface area contributed by atoms with E-state index in [-0.39, 0.29) is 80.0 Å². The van der Waals surface area contributed by atoms with Gasteiger partial charge in [0.05, 0.1) is 72.7 Å². The van der Waals surface area contributed by atoms with Gasteiger partial charge >= 0.3 is 0 Å². The Morgan fingerprint density at radius 3 is 1.27 bits per heavy atom. The number of amides is 5. The van der Waals surface area contributed by atoms with Gasteiger partial charge in [0.15, 0.2) is 0 Å². The number of nitrogens with zero attached hydrogens (tertiary/aromatic N) is 2. The average molecular weight is 1280 g/mol. The lowest BCUT2D eigenvalue weighted by molar-refractivity contribution is -0.126. The number of nitrogens with one attached hydrogen (secondary N) is 5. The van der Waals surface area contributed by atoms with Crippen LogP contribution in [0.4, 0.5) is 0 Å². The van der Waals surface area contributed by atoms with Crippen LogP contribution in [-0.2, 0) is 38.1 Å². The lowest BCUT2D eigenvalue weighted by Crippen LogP contribution is -2.34. The Morgan fingerprint density at radius 2 is 0.811 bits per heavy atom. The van der Waals surface area contributed by atoms with Crippen LogP contribution in [-0.4, -0.2) is 158 Å². The van der Waals surface area contributed by atoms with Crippen molar-refractivity contribution >= 4 is 41.3 Å². The van der Waals surface area contributed by atoms with Crippen molar-refractivity contribution in [3.8, 4) is 23.0 Å². The molecule has 21 heteroatoms. The van der Waals surface area contributed by atoms with E-state index >= 15 is 0 Å². The van der Waals surface area contributed by atoms with Crippen LogP contribution in [0.15, 0.2) is 52.1 Å². The number of hydrogen-bond donors (Lipinski definition) is 5. The lowest BCUT2D eigenvalue weighted by atomic mass is 9.93. The van der Waals surface area contributed by atoms with Crippen molar-refractivity contribution in [3.63, 3.8) is 0 Å². The number of hydrogen-bond acceptors (Lipinski definition) is 16. The minimum atomic E-state index is -0.417. The van der Waals surface area contributed by atoms with Crippen molar-refractivity contribution in [2.45, 2.75) is 200 Å². The fourth-order valence-electron chi connectivity index (χ4n) is 10.0. The minimum absolute atomic E-state index is 0.0163. The van der Waals surface area contributed by atoms with Gasteiger partial charge in [-0.1, -0.05) is 168 Å². The van der Waals surface area contributed by atoms with Crippen LogP contribution in [0.3, 0.4) is 0 Å². The predicted octanol–water partition coefficient (Wildman–Crippen LogP) is 12.3. The molecule has 510 valence electrons. The van der Waals surface area contributed by atoms with Gasteiger partial charge in [-0.15, -0.1) is 10.2 Å². The molecule has 90 heavy (non-hydrogen) atoms. The fraction of sp³-hybridized carbons (Fsp3) is 0.725.